The van der Waals surface area contributed by atoms with E-state index in [4.69, 9.17) is 4.42 Å². The molecule has 0 spiro atoms. The summed E-state index contributed by atoms with van der Waals surface area (Å²) in [6, 6.07) is 9.90. The van der Waals surface area contributed by atoms with E-state index in [-0.39, 0.29) is 23.8 Å². The second-order valence-electron chi connectivity index (χ2n) is 7.37. The number of nitrogens with one attached hydrogen (secondary N) is 1. The number of carbonyl (C=O) groups excluding carboxylic acids is 2. The number of aromatic nitrogens is 4. The fourth-order valence-electron chi connectivity index (χ4n) is 3.46. The lowest BCUT2D eigenvalue weighted by Crippen LogP contribution is -2.26. The largest absolute Gasteiger partial charge is 0.467 e. The number of rotatable bonds is 8. The van der Waals surface area contributed by atoms with Crippen LogP contribution in [0.1, 0.15) is 28.7 Å². The van der Waals surface area contributed by atoms with Crippen molar-refractivity contribution in [2.75, 3.05) is 18.2 Å². The van der Waals surface area contributed by atoms with E-state index in [1.807, 2.05) is 6.92 Å². The highest BCUT2D eigenvalue weighted by molar-refractivity contribution is 7.99. The number of nitrogens with zero attached hydrogens (tertiary/aromatic N) is 4. The normalized spacial score (nSPS) is 11.0. The third kappa shape index (κ3) is 4.74. The van der Waals surface area contributed by atoms with Gasteiger partial charge in [0, 0.05) is 12.2 Å². The molecular weight excluding hydrogens is 458 g/mol. The Labute approximate surface area is 198 Å². The van der Waals surface area contributed by atoms with Gasteiger partial charge in [0.2, 0.25) is 5.91 Å². The number of aryl methyl sites for hydroxylation is 2. The van der Waals surface area contributed by atoms with Gasteiger partial charge in [-0.15, -0.1) is 0 Å². The van der Waals surface area contributed by atoms with Gasteiger partial charge in [0.25, 0.3) is 5.56 Å². The second kappa shape index (κ2) is 9.96. The molecule has 0 bridgehead atoms. The van der Waals surface area contributed by atoms with Crippen molar-refractivity contribution in [3.63, 3.8) is 0 Å². The first kappa shape index (κ1) is 23.3. The van der Waals surface area contributed by atoms with E-state index < -0.39 is 5.97 Å². The molecule has 1 aromatic carbocycles. The van der Waals surface area contributed by atoms with Gasteiger partial charge < -0.3 is 14.5 Å². The molecule has 4 rings (SSSR count). The average molecular weight is 482 g/mol. The molecule has 176 valence electrons. The van der Waals surface area contributed by atoms with Crippen LogP contribution in [0, 0.1) is 6.92 Å². The van der Waals surface area contributed by atoms with Gasteiger partial charge in [-0.1, -0.05) is 11.8 Å². The number of ether oxygens (including phenoxy) is 1. The van der Waals surface area contributed by atoms with Gasteiger partial charge in [-0.05, 0) is 50.2 Å². The van der Waals surface area contributed by atoms with Crippen LogP contribution in [0.5, 0.6) is 0 Å². The minimum atomic E-state index is -0.453. The summed E-state index contributed by atoms with van der Waals surface area (Å²) in [4.78, 5) is 42.2. The van der Waals surface area contributed by atoms with Crippen molar-refractivity contribution in [1.82, 2.24) is 19.3 Å². The quantitative estimate of drug-likeness (QED) is 0.232. The fraction of sp³-hybridized carbons (Fsp3) is 0.261. The molecule has 0 aliphatic heterocycles. The van der Waals surface area contributed by atoms with Crippen LogP contribution in [-0.2, 0) is 22.6 Å². The first-order valence-corrected chi connectivity index (χ1v) is 11.5. The van der Waals surface area contributed by atoms with Crippen molar-refractivity contribution in [2.45, 2.75) is 32.1 Å². The molecule has 3 aromatic heterocycles. The summed E-state index contributed by atoms with van der Waals surface area (Å²) in [5.41, 5.74) is 2.27. The van der Waals surface area contributed by atoms with E-state index in [9.17, 15) is 14.4 Å². The number of esters is 1. The number of hydrogen-bond acceptors (Lipinski definition) is 8. The number of fused-ring (bicyclic) bond motifs is 1. The van der Waals surface area contributed by atoms with Crippen LogP contribution >= 0.6 is 11.8 Å². The SMILES string of the molecule is CCn1nc(C)c2nc(SCC(=O)Nc3ccc(C(=O)OC)cc3)n(Cc3ccco3)c(=O)c21. The first-order valence-electron chi connectivity index (χ1n) is 10.5. The molecule has 11 heteroatoms. The van der Waals surface area contributed by atoms with E-state index in [1.165, 1.54) is 11.7 Å². The van der Waals surface area contributed by atoms with Crippen LogP contribution in [0.3, 0.4) is 0 Å². The molecule has 0 fully saturated rings. The van der Waals surface area contributed by atoms with E-state index >= 15 is 0 Å². The van der Waals surface area contributed by atoms with Crippen molar-refractivity contribution in [2.24, 2.45) is 0 Å². The molecule has 0 saturated heterocycles. The molecular formula is C23H23N5O5S. The molecule has 0 aliphatic carbocycles. The van der Waals surface area contributed by atoms with Crippen LogP contribution in [0.4, 0.5) is 5.69 Å². The number of amides is 1. The molecule has 1 N–H and O–H groups in total. The number of furan rings is 1. The minimum absolute atomic E-state index is 0.0236. The van der Waals surface area contributed by atoms with Crippen LogP contribution in [0.2, 0.25) is 0 Å². The Morgan fingerprint density at radius 1 is 1.21 bits per heavy atom. The molecule has 10 nitrogen and oxygen atoms in total. The third-order valence-corrected chi connectivity index (χ3v) is 6.07. The lowest BCUT2D eigenvalue weighted by Gasteiger charge is -2.12. The van der Waals surface area contributed by atoms with Crippen LogP contribution < -0.4 is 10.9 Å². The molecule has 3 heterocycles. The first-order chi connectivity index (χ1) is 16.4. The Morgan fingerprint density at radius 3 is 2.62 bits per heavy atom. The van der Waals surface area contributed by atoms with Crippen molar-refractivity contribution in [3.8, 4) is 0 Å². The number of hydrogen-bond donors (Lipinski definition) is 1. The maximum absolute atomic E-state index is 13.4. The summed E-state index contributed by atoms with van der Waals surface area (Å²) >= 11 is 1.15. The topological polar surface area (TPSA) is 121 Å². The number of carbonyl (C=O) groups is 2. The van der Waals surface area contributed by atoms with Crippen LogP contribution in [0.15, 0.2) is 57.0 Å². The lowest BCUT2D eigenvalue weighted by atomic mass is 10.2. The summed E-state index contributed by atoms with van der Waals surface area (Å²) in [6.07, 6.45) is 1.54. The highest BCUT2D eigenvalue weighted by atomic mass is 32.2. The zero-order valence-electron chi connectivity index (χ0n) is 18.9. The maximum Gasteiger partial charge on any atom is 0.337 e. The molecule has 0 aliphatic rings. The van der Waals surface area contributed by atoms with Gasteiger partial charge in [-0.2, -0.15) is 5.10 Å². The Balaban J connectivity index is 1.58. The van der Waals surface area contributed by atoms with Gasteiger partial charge in [0.1, 0.15) is 11.3 Å². The fourth-order valence-corrected chi connectivity index (χ4v) is 4.25. The summed E-state index contributed by atoms with van der Waals surface area (Å²) in [6.45, 7) is 4.43. The Kier molecular flexibility index (Phi) is 6.82. The lowest BCUT2D eigenvalue weighted by molar-refractivity contribution is -0.113. The summed E-state index contributed by atoms with van der Waals surface area (Å²) < 4.78 is 13.2. The van der Waals surface area contributed by atoms with Crippen molar-refractivity contribution >= 4 is 40.4 Å². The zero-order chi connectivity index (χ0) is 24.2. The minimum Gasteiger partial charge on any atom is -0.467 e. The van der Waals surface area contributed by atoms with Gasteiger partial charge >= 0.3 is 5.97 Å². The van der Waals surface area contributed by atoms with E-state index in [1.54, 1.807) is 54.3 Å². The molecule has 34 heavy (non-hydrogen) atoms. The van der Waals surface area contributed by atoms with Gasteiger partial charge in [0.05, 0.1) is 36.9 Å². The van der Waals surface area contributed by atoms with Gasteiger partial charge in [0.15, 0.2) is 10.7 Å². The van der Waals surface area contributed by atoms with Gasteiger partial charge in [-0.25, -0.2) is 9.78 Å². The predicted octanol–water partition coefficient (Wildman–Crippen LogP) is 3.08. The Hall–Kier alpha value is -3.86. The number of anilines is 1. The average Bonchev–Trinajstić information content (AvgIpc) is 3.47. The molecule has 0 radical (unpaired) electrons. The molecule has 0 saturated carbocycles. The van der Waals surface area contributed by atoms with Crippen molar-refractivity contribution < 1.29 is 18.7 Å². The van der Waals surface area contributed by atoms with E-state index in [0.717, 1.165) is 11.8 Å². The van der Waals surface area contributed by atoms with Crippen molar-refractivity contribution in [1.29, 1.82) is 0 Å². The van der Waals surface area contributed by atoms with Crippen molar-refractivity contribution in [3.05, 3.63) is 70.0 Å². The van der Waals surface area contributed by atoms with Crippen LogP contribution in [-0.4, -0.2) is 44.1 Å². The second-order valence-corrected chi connectivity index (χ2v) is 8.31. The van der Waals surface area contributed by atoms with E-state index in [2.05, 4.69) is 20.1 Å². The maximum atomic E-state index is 13.4. The monoisotopic (exact) mass is 481 g/mol. The standard InChI is InChI=1S/C23H23N5O5S/c1-4-28-20-19(14(2)26-28)25-23(27(21(20)30)12-17-6-5-11-33-17)34-13-18(29)24-16-9-7-15(8-10-16)22(31)32-3/h5-11H,4,12-13H2,1-3H3,(H,24,29). The van der Waals surface area contributed by atoms with Crippen LogP contribution in [0.25, 0.3) is 11.0 Å². The Bertz CT molecular complexity index is 1390. The molecule has 4 aromatic rings. The predicted molar refractivity (Wildman–Crippen MR) is 127 cm³/mol. The highest BCUT2D eigenvalue weighted by Crippen LogP contribution is 2.21. The smallest absolute Gasteiger partial charge is 0.337 e. The summed E-state index contributed by atoms with van der Waals surface area (Å²) in [5.74, 6) is -0.114. The van der Waals surface area contributed by atoms with Gasteiger partial charge in [-0.3, -0.25) is 18.8 Å². The zero-order valence-corrected chi connectivity index (χ0v) is 19.7. The third-order valence-electron chi connectivity index (χ3n) is 5.10. The number of methoxy groups -OCH3 is 1. The molecule has 0 unspecified atom stereocenters. The number of benzene rings is 1. The molecule has 0 atom stereocenters. The van der Waals surface area contributed by atoms with E-state index in [0.29, 0.717) is 45.4 Å². The summed E-state index contributed by atoms with van der Waals surface area (Å²) in [5, 5.41) is 7.59. The highest BCUT2D eigenvalue weighted by Gasteiger charge is 2.20. The summed E-state index contributed by atoms with van der Waals surface area (Å²) in [7, 11) is 1.31. The number of thioether (sulfide) groups is 1. The molecule has 1 amide bonds. The Morgan fingerprint density at radius 2 is 1.97 bits per heavy atom.